The zero-order valence-electron chi connectivity index (χ0n) is 13.9. The molecule has 0 aromatic heterocycles. The summed E-state index contributed by atoms with van der Waals surface area (Å²) in [6.45, 7) is 0.744. The van der Waals surface area contributed by atoms with Crippen LogP contribution in [0.2, 0.25) is 0 Å². The molecule has 2 aliphatic carbocycles. The van der Waals surface area contributed by atoms with Gasteiger partial charge in [-0.25, -0.2) is 0 Å². The monoisotopic (exact) mass is 331 g/mol. The molecule has 2 aliphatic rings. The number of hydrogen-bond acceptors (Lipinski definition) is 3. The lowest BCUT2D eigenvalue weighted by Gasteiger charge is -2.23. The highest BCUT2D eigenvalue weighted by molar-refractivity contribution is 5.94. The minimum absolute atomic E-state index is 0.207. The summed E-state index contributed by atoms with van der Waals surface area (Å²) in [5.74, 6) is -0.0435. The second kappa shape index (κ2) is 7.69. The molecule has 2 fully saturated rings. The van der Waals surface area contributed by atoms with Crippen LogP contribution in [-0.4, -0.2) is 29.6 Å². The summed E-state index contributed by atoms with van der Waals surface area (Å²) in [4.78, 5) is 23.9. The third-order valence-electron chi connectivity index (χ3n) is 4.95. The summed E-state index contributed by atoms with van der Waals surface area (Å²) < 4.78 is 5.67. The molecule has 1 aromatic carbocycles. The van der Waals surface area contributed by atoms with Crippen LogP contribution in [-0.2, 0) is 4.79 Å². The van der Waals surface area contributed by atoms with Crippen LogP contribution in [0.15, 0.2) is 24.3 Å². The van der Waals surface area contributed by atoms with Crippen molar-refractivity contribution in [2.75, 3.05) is 6.61 Å². The summed E-state index contributed by atoms with van der Waals surface area (Å²) in [6, 6.07) is 6.80. The average molecular weight is 331 g/mol. The molecule has 0 spiro atoms. The number of carbonyl (C=O) groups is 2. The minimum Gasteiger partial charge on any atom is -0.493 e. The maximum Gasteiger partial charge on any atom is 0.308 e. The number of carboxylic acid groups (broad SMARTS) is 1. The molecular weight excluding hydrogens is 306 g/mol. The van der Waals surface area contributed by atoms with E-state index >= 15 is 0 Å². The Morgan fingerprint density at radius 3 is 2.42 bits per heavy atom. The number of hydrogen-bond donors (Lipinski definition) is 2. The van der Waals surface area contributed by atoms with Gasteiger partial charge in [-0.15, -0.1) is 0 Å². The smallest absolute Gasteiger partial charge is 0.308 e. The lowest BCUT2D eigenvalue weighted by atomic mass is 9.94. The Bertz CT molecular complexity index is 580. The highest BCUT2D eigenvalue weighted by Gasteiger charge is 2.30. The number of amides is 1. The molecule has 130 valence electrons. The van der Waals surface area contributed by atoms with E-state index in [2.05, 4.69) is 5.32 Å². The Hall–Kier alpha value is -2.04. The van der Waals surface area contributed by atoms with E-state index in [4.69, 9.17) is 4.74 Å². The van der Waals surface area contributed by atoms with E-state index in [1.807, 2.05) is 0 Å². The average Bonchev–Trinajstić information content (AvgIpc) is 3.40. The van der Waals surface area contributed by atoms with Gasteiger partial charge in [-0.3, -0.25) is 9.59 Å². The van der Waals surface area contributed by atoms with Gasteiger partial charge in [0, 0.05) is 11.6 Å². The molecule has 2 saturated carbocycles. The van der Waals surface area contributed by atoms with Gasteiger partial charge in [0.25, 0.3) is 5.91 Å². The van der Waals surface area contributed by atoms with Gasteiger partial charge in [0.15, 0.2) is 0 Å². The molecule has 24 heavy (non-hydrogen) atoms. The highest BCUT2D eigenvalue weighted by Crippen LogP contribution is 2.29. The van der Waals surface area contributed by atoms with Gasteiger partial charge in [-0.05, 0) is 55.9 Å². The first kappa shape index (κ1) is 16.8. The van der Waals surface area contributed by atoms with Crippen LogP contribution < -0.4 is 10.1 Å². The molecule has 0 saturated heterocycles. The number of aliphatic carboxylic acids is 1. The van der Waals surface area contributed by atoms with Gasteiger partial charge < -0.3 is 15.2 Å². The molecule has 2 atom stereocenters. The Kier molecular flexibility index (Phi) is 5.38. The SMILES string of the molecule is O=C(N[C@H]1CCCCC[C@H]1C(=O)O)c1ccc(OCC2CC2)cc1. The summed E-state index contributed by atoms with van der Waals surface area (Å²) in [7, 11) is 0. The van der Waals surface area contributed by atoms with E-state index in [1.165, 1.54) is 12.8 Å². The summed E-state index contributed by atoms with van der Waals surface area (Å²) in [6.07, 6.45) is 6.75. The Balaban J connectivity index is 1.58. The zero-order chi connectivity index (χ0) is 16.9. The highest BCUT2D eigenvalue weighted by atomic mass is 16.5. The van der Waals surface area contributed by atoms with E-state index in [9.17, 15) is 14.7 Å². The van der Waals surface area contributed by atoms with Crippen molar-refractivity contribution in [1.82, 2.24) is 5.32 Å². The van der Waals surface area contributed by atoms with Crippen molar-refractivity contribution < 1.29 is 19.4 Å². The second-order valence-corrected chi connectivity index (χ2v) is 6.94. The first-order valence-corrected chi connectivity index (χ1v) is 8.90. The van der Waals surface area contributed by atoms with Crippen molar-refractivity contribution in [3.63, 3.8) is 0 Å². The predicted molar refractivity (Wildman–Crippen MR) is 90.1 cm³/mol. The van der Waals surface area contributed by atoms with Gasteiger partial charge in [-0.2, -0.15) is 0 Å². The normalized spacial score (nSPS) is 24.0. The molecule has 3 rings (SSSR count). The molecular formula is C19H25NO4. The number of rotatable bonds is 6. The van der Waals surface area contributed by atoms with Crippen molar-refractivity contribution >= 4 is 11.9 Å². The third-order valence-corrected chi connectivity index (χ3v) is 4.95. The Labute approximate surface area is 142 Å². The number of nitrogens with one attached hydrogen (secondary N) is 1. The maximum absolute atomic E-state index is 12.4. The zero-order valence-corrected chi connectivity index (χ0v) is 13.9. The van der Waals surface area contributed by atoms with Gasteiger partial charge in [0.05, 0.1) is 12.5 Å². The van der Waals surface area contributed by atoms with Crippen molar-refractivity contribution in [3.8, 4) is 5.75 Å². The first-order valence-electron chi connectivity index (χ1n) is 8.90. The topological polar surface area (TPSA) is 75.6 Å². The van der Waals surface area contributed by atoms with Crippen LogP contribution in [0.3, 0.4) is 0 Å². The lowest BCUT2D eigenvalue weighted by Crippen LogP contribution is -2.42. The predicted octanol–water partition coefficient (Wildman–Crippen LogP) is 3.24. The van der Waals surface area contributed by atoms with Crippen LogP contribution in [0.5, 0.6) is 5.75 Å². The van der Waals surface area contributed by atoms with Crippen LogP contribution in [0.4, 0.5) is 0 Å². The molecule has 1 amide bonds. The second-order valence-electron chi connectivity index (χ2n) is 6.94. The quantitative estimate of drug-likeness (QED) is 0.785. The van der Waals surface area contributed by atoms with Crippen molar-refractivity contribution in [2.24, 2.45) is 11.8 Å². The molecule has 2 N–H and O–H groups in total. The third kappa shape index (κ3) is 4.49. The van der Waals surface area contributed by atoms with Crippen molar-refractivity contribution in [1.29, 1.82) is 0 Å². The van der Waals surface area contributed by atoms with Gasteiger partial charge in [0.2, 0.25) is 0 Å². The fraction of sp³-hybridized carbons (Fsp3) is 0.579. The molecule has 0 unspecified atom stereocenters. The van der Waals surface area contributed by atoms with Crippen molar-refractivity contribution in [3.05, 3.63) is 29.8 Å². The van der Waals surface area contributed by atoms with Crippen LogP contribution in [0, 0.1) is 11.8 Å². The molecule has 0 aliphatic heterocycles. The lowest BCUT2D eigenvalue weighted by molar-refractivity contribution is -0.142. The van der Waals surface area contributed by atoms with Crippen LogP contribution in [0.1, 0.15) is 55.3 Å². The maximum atomic E-state index is 12.4. The van der Waals surface area contributed by atoms with E-state index in [-0.39, 0.29) is 11.9 Å². The molecule has 5 nitrogen and oxygen atoms in total. The molecule has 0 heterocycles. The van der Waals surface area contributed by atoms with Gasteiger partial charge in [-0.1, -0.05) is 19.3 Å². The molecule has 0 bridgehead atoms. The molecule has 0 radical (unpaired) electrons. The van der Waals surface area contributed by atoms with Gasteiger partial charge in [0.1, 0.15) is 5.75 Å². The largest absolute Gasteiger partial charge is 0.493 e. The van der Waals surface area contributed by atoms with Crippen molar-refractivity contribution in [2.45, 2.75) is 51.0 Å². The first-order chi connectivity index (χ1) is 11.6. The standard InChI is InChI=1S/C19H25NO4/c21-18(20-17-5-3-1-2-4-16(17)19(22)23)14-8-10-15(11-9-14)24-12-13-6-7-13/h8-11,13,16-17H,1-7,12H2,(H,20,21)(H,22,23)/t16-,17+/m1/s1. The molecule has 5 heteroatoms. The Morgan fingerprint density at radius 2 is 1.75 bits per heavy atom. The number of carbonyl (C=O) groups excluding carboxylic acids is 1. The number of carboxylic acids is 1. The number of benzene rings is 1. The fourth-order valence-corrected chi connectivity index (χ4v) is 3.23. The summed E-state index contributed by atoms with van der Waals surface area (Å²) in [5.41, 5.74) is 0.544. The minimum atomic E-state index is -0.814. The van der Waals surface area contributed by atoms with Crippen LogP contribution >= 0.6 is 0 Å². The van der Waals surface area contributed by atoms with Gasteiger partial charge >= 0.3 is 5.97 Å². The molecule has 1 aromatic rings. The number of ether oxygens (including phenoxy) is 1. The van der Waals surface area contributed by atoms with E-state index in [1.54, 1.807) is 24.3 Å². The summed E-state index contributed by atoms with van der Waals surface area (Å²) in [5, 5.41) is 12.3. The van der Waals surface area contributed by atoms with Crippen LogP contribution in [0.25, 0.3) is 0 Å². The van der Waals surface area contributed by atoms with E-state index in [0.717, 1.165) is 38.0 Å². The van der Waals surface area contributed by atoms with E-state index < -0.39 is 11.9 Å². The Morgan fingerprint density at radius 1 is 1.04 bits per heavy atom. The van der Waals surface area contributed by atoms with E-state index in [0.29, 0.717) is 17.9 Å². The summed E-state index contributed by atoms with van der Waals surface area (Å²) >= 11 is 0. The fourth-order valence-electron chi connectivity index (χ4n) is 3.23.